The number of ether oxygens (including phenoxy) is 2. The van der Waals surface area contributed by atoms with Gasteiger partial charge in [0.05, 0.1) is 5.69 Å². The van der Waals surface area contributed by atoms with Gasteiger partial charge in [-0.2, -0.15) is 4.90 Å². The number of amides is 2. The maximum atomic E-state index is 12.9. The highest BCUT2D eigenvalue weighted by Crippen LogP contribution is 2.33. The summed E-state index contributed by atoms with van der Waals surface area (Å²) in [6, 6.07) is 5.89. The Balaban J connectivity index is 3.55. The zero-order valence-electron chi connectivity index (χ0n) is 18.5. The molecule has 0 unspecified atom stereocenters. The van der Waals surface area contributed by atoms with Crippen molar-refractivity contribution in [2.75, 3.05) is 4.90 Å². The van der Waals surface area contributed by atoms with Crippen LogP contribution in [-0.2, 0) is 9.47 Å². The van der Waals surface area contributed by atoms with Crippen LogP contribution in [0.25, 0.3) is 0 Å². The van der Waals surface area contributed by atoms with Crippen LogP contribution in [0.4, 0.5) is 15.3 Å². The number of carbonyl (C=O) groups excluding carboxylic acids is 2. The van der Waals surface area contributed by atoms with E-state index in [1.807, 2.05) is 32.0 Å². The second-order valence-corrected chi connectivity index (χ2v) is 9.42. The molecule has 1 aromatic carbocycles. The monoisotopic (exact) mass is 377 g/mol. The van der Waals surface area contributed by atoms with Gasteiger partial charge in [-0.1, -0.05) is 39.8 Å². The van der Waals surface area contributed by atoms with Crippen LogP contribution < -0.4 is 4.90 Å². The number of benzene rings is 1. The van der Waals surface area contributed by atoms with E-state index in [0.29, 0.717) is 5.69 Å². The van der Waals surface area contributed by atoms with Gasteiger partial charge in [0, 0.05) is 0 Å². The minimum Gasteiger partial charge on any atom is -0.443 e. The molecule has 5 nitrogen and oxygen atoms in total. The number of carbonyl (C=O) groups is 2. The number of rotatable bonds is 3. The number of anilines is 1. The molecule has 0 aliphatic rings. The molecule has 0 fully saturated rings. The van der Waals surface area contributed by atoms with Crippen molar-refractivity contribution in [2.45, 2.75) is 92.3 Å². The fraction of sp³-hybridized carbons (Fsp3) is 0.636. The standard InChI is InChI=1S/C22H35NO4/c1-14(2)16-11-12-17(15(3)4)18(13-16)23(19(24)26-21(5,6)7)20(25)27-22(8,9)10/h11-15H,1-10H3. The van der Waals surface area contributed by atoms with E-state index in [2.05, 4.69) is 13.8 Å². The molecule has 0 aliphatic heterocycles. The van der Waals surface area contributed by atoms with E-state index < -0.39 is 23.4 Å². The first kappa shape index (κ1) is 23.0. The first-order chi connectivity index (χ1) is 12.1. The van der Waals surface area contributed by atoms with Gasteiger partial charge in [-0.3, -0.25) is 0 Å². The van der Waals surface area contributed by atoms with Gasteiger partial charge in [0.1, 0.15) is 11.2 Å². The van der Waals surface area contributed by atoms with Crippen LogP contribution in [0, 0.1) is 0 Å². The van der Waals surface area contributed by atoms with Gasteiger partial charge in [-0.15, -0.1) is 0 Å². The second-order valence-electron chi connectivity index (χ2n) is 9.42. The molecule has 0 saturated carbocycles. The highest BCUT2D eigenvalue weighted by Gasteiger charge is 2.34. The van der Waals surface area contributed by atoms with Gasteiger partial charge >= 0.3 is 12.2 Å². The summed E-state index contributed by atoms with van der Waals surface area (Å²) in [6.07, 6.45) is -1.47. The zero-order chi connectivity index (χ0) is 21.2. The van der Waals surface area contributed by atoms with E-state index in [0.717, 1.165) is 16.0 Å². The molecule has 0 bridgehead atoms. The van der Waals surface area contributed by atoms with Crippen LogP contribution in [0.15, 0.2) is 18.2 Å². The maximum absolute atomic E-state index is 12.9. The van der Waals surface area contributed by atoms with Crippen LogP contribution in [0.3, 0.4) is 0 Å². The summed E-state index contributed by atoms with van der Waals surface area (Å²) in [5.74, 6) is 0.373. The van der Waals surface area contributed by atoms with E-state index in [1.165, 1.54) is 0 Å². The van der Waals surface area contributed by atoms with Crippen LogP contribution in [0.2, 0.25) is 0 Å². The molecule has 27 heavy (non-hydrogen) atoms. The van der Waals surface area contributed by atoms with Crippen molar-refractivity contribution >= 4 is 17.9 Å². The molecular weight excluding hydrogens is 342 g/mol. The van der Waals surface area contributed by atoms with Crippen molar-refractivity contribution in [3.05, 3.63) is 29.3 Å². The molecule has 0 N–H and O–H groups in total. The lowest BCUT2D eigenvalue weighted by atomic mass is 9.94. The lowest BCUT2D eigenvalue weighted by Crippen LogP contribution is -2.44. The average molecular weight is 378 g/mol. The topological polar surface area (TPSA) is 55.8 Å². The maximum Gasteiger partial charge on any atom is 0.424 e. The smallest absolute Gasteiger partial charge is 0.424 e. The Morgan fingerprint density at radius 3 is 1.59 bits per heavy atom. The lowest BCUT2D eigenvalue weighted by molar-refractivity contribution is 0.0430. The van der Waals surface area contributed by atoms with Gasteiger partial charge < -0.3 is 9.47 Å². The summed E-state index contributed by atoms with van der Waals surface area (Å²) in [6.45, 7) is 18.8. The Kier molecular flexibility index (Phi) is 7.09. The molecule has 0 heterocycles. The number of hydrogen-bond acceptors (Lipinski definition) is 4. The minimum absolute atomic E-state index is 0.119. The molecule has 0 aliphatic carbocycles. The van der Waals surface area contributed by atoms with Crippen LogP contribution >= 0.6 is 0 Å². The molecule has 1 rings (SSSR count). The number of hydrogen-bond donors (Lipinski definition) is 0. The summed E-state index contributed by atoms with van der Waals surface area (Å²) in [5, 5.41) is 0. The van der Waals surface area contributed by atoms with Crippen LogP contribution in [0.5, 0.6) is 0 Å². The summed E-state index contributed by atoms with van der Waals surface area (Å²) in [7, 11) is 0. The van der Waals surface area contributed by atoms with E-state index in [4.69, 9.17) is 9.47 Å². The van der Waals surface area contributed by atoms with Crippen molar-refractivity contribution in [3.8, 4) is 0 Å². The Labute approximate surface area is 164 Å². The first-order valence-corrected chi connectivity index (χ1v) is 9.52. The molecule has 0 spiro atoms. The molecule has 5 heteroatoms. The second kappa shape index (κ2) is 8.32. The molecule has 0 radical (unpaired) electrons. The highest BCUT2D eigenvalue weighted by molar-refractivity contribution is 6.10. The Morgan fingerprint density at radius 2 is 1.26 bits per heavy atom. The summed E-state index contributed by atoms with van der Waals surface area (Å²) in [5.41, 5.74) is 0.970. The minimum atomic E-state index is -0.737. The van der Waals surface area contributed by atoms with E-state index in [9.17, 15) is 9.59 Å². The van der Waals surface area contributed by atoms with Gasteiger partial charge in [0.15, 0.2) is 0 Å². The van der Waals surface area contributed by atoms with Gasteiger partial charge in [-0.25, -0.2) is 9.59 Å². The third-order valence-electron chi connectivity index (χ3n) is 3.74. The normalized spacial score (nSPS) is 12.3. The Bertz CT molecular complexity index is 651. The lowest BCUT2D eigenvalue weighted by Gasteiger charge is -2.30. The average Bonchev–Trinajstić information content (AvgIpc) is 2.42. The third kappa shape index (κ3) is 6.89. The van der Waals surface area contributed by atoms with E-state index in [-0.39, 0.29) is 11.8 Å². The predicted molar refractivity (Wildman–Crippen MR) is 110 cm³/mol. The Morgan fingerprint density at radius 1 is 0.815 bits per heavy atom. The fourth-order valence-electron chi connectivity index (χ4n) is 2.49. The quantitative estimate of drug-likeness (QED) is 0.594. The largest absolute Gasteiger partial charge is 0.443 e. The molecule has 0 saturated heterocycles. The summed E-state index contributed by atoms with van der Waals surface area (Å²) < 4.78 is 11.0. The fourth-order valence-corrected chi connectivity index (χ4v) is 2.49. The van der Waals surface area contributed by atoms with Crippen LogP contribution in [0.1, 0.15) is 92.2 Å². The van der Waals surface area contributed by atoms with Crippen LogP contribution in [-0.4, -0.2) is 23.4 Å². The molecular formula is C22H35NO4. The molecule has 0 aromatic heterocycles. The summed E-state index contributed by atoms with van der Waals surface area (Å²) in [4.78, 5) is 26.9. The van der Waals surface area contributed by atoms with Crippen molar-refractivity contribution < 1.29 is 19.1 Å². The zero-order valence-corrected chi connectivity index (χ0v) is 18.5. The van der Waals surface area contributed by atoms with Crippen molar-refractivity contribution in [1.82, 2.24) is 0 Å². The first-order valence-electron chi connectivity index (χ1n) is 9.52. The number of nitrogens with zero attached hydrogens (tertiary/aromatic N) is 1. The molecule has 2 amide bonds. The molecule has 1 aromatic rings. The highest BCUT2D eigenvalue weighted by atomic mass is 16.6. The van der Waals surface area contributed by atoms with Crippen molar-refractivity contribution in [3.63, 3.8) is 0 Å². The molecule has 0 atom stereocenters. The van der Waals surface area contributed by atoms with E-state index >= 15 is 0 Å². The predicted octanol–water partition coefficient (Wildman–Crippen LogP) is 6.61. The van der Waals surface area contributed by atoms with Gasteiger partial charge in [0.2, 0.25) is 0 Å². The van der Waals surface area contributed by atoms with Crippen molar-refractivity contribution in [2.24, 2.45) is 0 Å². The number of imide groups is 1. The Hall–Kier alpha value is -2.04. The van der Waals surface area contributed by atoms with Crippen molar-refractivity contribution in [1.29, 1.82) is 0 Å². The third-order valence-corrected chi connectivity index (χ3v) is 3.74. The van der Waals surface area contributed by atoms with Gasteiger partial charge in [0.25, 0.3) is 0 Å². The summed E-state index contributed by atoms with van der Waals surface area (Å²) >= 11 is 0. The SMILES string of the molecule is CC(C)c1ccc(C(C)C)c(N(C(=O)OC(C)(C)C)C(=O)OC(C)(C)C)c1. The van der Waals surface area contributed by atoms with E-state index in [1.54, 1.807) is 41.5 Å². The molecule has 152 valence electrons. The van der Waals surface area contributed by atoms with Gasteiger partial charge in [-0.05, 0) is 70.6 Å².